The molecule has 0 heterocycles. The Morgan fingerprint density at radius 1 is 0.875 bits per heavy atom. The number of benzene rings is 3. The first-order chi connectivity index (χ1) is 19.2. The first kappa shape index (κ1) is 29.3. The lowest BCUT2D eigenvalue weighted by Gasteiger charge is -2.23. The largest absolute Gasteiger partial charge is 0.490 e. The zero-order chi connectivity index (χ0) is 28.8. The highest BCUT2D eigenvalue weighted by Gasteiger charge is 2.24. The molecule has 1 aliphatic rings. The molecule has 0 saturated heterocycles. The number of ether oxygens (including phenoxy) is 2. The van der Waals surface area contributed by atoms with Gasteiger partial charge in [-0.05, 0) is 85.1 Å². The van der Waals surface area contributed by atoms with Gasteiger partial charge >= 0.3 is 5.97 Å². The Labute approximate surface area is 230 Å². The summed E-state index contributed by atoms with van der Waals surface area (Å²) >= 11 is 0. The van der Waals surface area contributed by atoms with Gasteiger partial charge in [0.15, 0.2) is 23.1 Å². The van der Waals surface area contributed by atoms with Crippen molar-refractivity contribution < 1.29 is 36.2 Å². The maximum absolute atomic E-state index is 14.9. The van der Waals surface area contributed by atoms with Crippen LogP contribution in [0.25, 0.3) is 5.57 Å². The van der Waals surface area contributed by atoms with E-state index in [1.165, 1.54) is 31.2 Å². The Hall–Kier alpha value is -3.68. The van der Waals surface area contributed by atoms with E-state index >= 15 is 0 Å². The number of hydrogen-bond donors (Lipinski definition) is 0. The minimum absolute atomic E-state index is 0.203. The molecule has 0 radical (unpaired) electrons. The predicted octanol–water partition coefficient (Wildman–Crippen LogP) is 9.22. The molecule has 40 heavy (non-hydrogen) atoms. The number of carbonyl (C=O) groups excluding carboxylic acids is 1. The maximum atomic E-state index is 14.9. The molecule has 0 saturated carbocycles. The molecule has 3 aromatic rings. The number of carbonyl (C=O) groups is 1. The number of halogens is 5. The molecular weight excluding hydrogens is 527 g/mol. The van der Waals surface area contributed by atoms with E-state index in [0.29, 0.717) is 36.8 Å². The van der Waals surface area contributed by atoms with Crippen molar-refractivity contribution in [3.63, 3.8) is 0 Å². The molecule has 0 fully saturated rings. The fraction of sp³-hybridized carbons (Fsp3) is 0.344. The van der Waals surface area contributed by atoms with Crippen molar-refractivity contribution in [2.24, 2.45) is 0 Å². The van der Waals surface area contributed by atoms with Gasteiger partial charge < -0.3 is 9.47 Å². The van der Waals surface area contributed by atoms with Gasteiger partial charge in [0, 0.05) is 0 Å². The van der Waals surface area contributed by atoms with Crippen molar-refractivity contribution in [3.8, 4) is 11.5 Å². The van der Waals surface area contributed by atoms with Gasteiger partial charge in [-0.3, -0.25) is 0 Å². The number of esters is 1. The molecule has 1 aliphatic carbocycles. The van der Waals surface area contributed by atoms with Gasteiger partial charge in [0.2, 0.25) is 11.6 Å². The lowest BCUT2D eigenvalue weighted by molar-refractivity contribution is 0.0721. The Morgan fingerprint density at radius 2 is 1.62 bits per heavy atom. The molecule has 8 heteroatoms. The molecule has 1 atom stereocenters. The second-order valence-corrected chi connectivity index (χ2v) is 9.98. The summed E-state index contributed by atoms with van der Waals surface area (Å²) in [5.41, 5.74) is 1.46. The third kappa shape index (κ3) is 6.54. The normalized spacial score (nSPS) is 15.1. The lowest BCUT2D eigenvalue weighted by atomic mass is 9.82. The molecule has 212 valence electrons. The Morgan fingerprint density at radius 3 is 2.33 bits per heavy atom. The Bertz CT molecular complexity index is 1420. The van der Waals surface area contributed by atoms with Crippen LogP contribution in [0.5, 0.6) is 11.5 Å². The molecular formula is C32H31F5O3. The SMILES string of the molecule is CCCCCCOc1ccc(OC(=O)c2ccc(C3=CCC(c4ccc(C)c(F)c4F)CC3)cc2F)c(F)c1F. The number of rotatable bonds is 10. The van der Waals surface area contributed by atoms with Crippen LogP contribution in [0.1, 0.15) is 84.8 Å². The van der Waals surface area contributed by atoms with Crippen LogP contribution in [-0.4, -0.2) is 12.6 Å². The van der Waals surface area contributed by atoms with E-state index in [2.05, 4.69) is 6.92 Å². The zero-order valence-corrected chi connectivity index (χ0v) is 22.5. The summed E-state index contributed by atoms with van der Waals surface area (Å²) in [5, 5.41) is 0. The number of unbranched alkanes of at least 4 members (excludes halogenated alkanes) is 3. The number of allylic oxidation sites excluding steroid dienone is 2. The Kier molecular flexibility index (Phi) is 9.61. The summed E-state index contributed by atoms with van der Waals surface area (Å²) in [6.07, 6.45) is 7.00. The fourth-order valence-electron chi connectivity index (χ4n) is 4.81. The highest BCUT2D eigenvalue weighted by molar-refractivity contribution is 5.92. The van der Waals surface area contributed by atoms with Crippen LogP contribution < -0.4 is 9.47 Å². The first-order valence-corrected chi connectivity index (χ1v) is 13.5. The van der Waals surface area contributed by atoms with Gasteiger partial charge in [0.05, 0.1) is 12.2 Å². The van der Waals surface area contributed by atoms with E-state index in [9.17, 15) is 26.7 Å². The van der Waals surface area contributed by atoms with Gasteiger partial charge in [0.25, 0.3) is 0 Å². The molecule has 0 bridgehead atoms. The van der Waals surface area contributed by atoms with E-state index in [4.69, 9.17) is 9.47 Å². The van der Waals surface area contributed by atoms with Crippen LogP contribution in [0.2, 0.25) is 0 Å². The van der Waals surface area contributed by atoms with Crippen molar-refractivity contribution >= 4 is 11.5 Å². The summed E-state index contributed by atoms with van der Waals surface area (Å²) < 4.78 is 82.5. The molecule has 4 rings (SSSR count). The molecule has 0 amide bonds. The summed E-state index contributed by atoms with van der Waals surface area (Å²) in [6, 6.07) is 9.30. The second kappa shape index (κ2) is 13.1. The van der Waals surface area contributed by atoms with Gasteiger partial charge in [-0.15, -0.1) is 0 Å². The lowest BCUT2D eigenvalue weighted by Crippen LogP contribution is -2.13. The zero-order valence-electron chi connectivity index (χ0n) is 22.5. The smallest absolute Gasteiger partial charge is 0.346 e. The van der Waals surface area contributed by atoms with Crippen LogP contribution >= 0.6 is 0 Å². The quantitative estimate of drug-likeness (QED) is 0.108. The summed E-state index contributed by atoms with van der Waals surface area (Å²) in [5.74, 6) is -7.59. The number of aryl methyl sites for hydroxylation is 1. The molecule has 1 unspecified atom stereocenters. The summed E-state index contributed by atoms with van der Waals surface area (Å²) in [7, 11) is 0. The monoisotopic (exact) mass is 558 g/mol. The van der Waals surface area contributed by atoms with Crippen LogP contribution in [0.4, 0.5) is 22.0 Å². The molecule has 0 aliphatic heterocycles. The van der Waals surface area contributed by atoms with Crippen molar-refractivity contribution in [1.82, 2.24) is 0 Å². The van der Waals surface area contributed by atoms with Crippen LogP contribution in [0.15, 0.2) is 48.5 Å². The maximum Gasteiger partial charge on any atom is 0.346 e. The van der Waals surface area contributed by atoms with Gasteiger partial charge in [-0.25, -0.2) is 18.0 Å². The van der Waals surface area contributed by atoms with Gasteiger partial charge in [-0.1, -0.05) is 50.5 Å². The molecule has 3 nitrogen and oxygen atoms in total. The van der Waals surface area contributed by atoms with Crippen molar-refractivity contribution in [3.05, 3.63) is 99.9 Å². The van der Waals surface area contributed by atoms with Gasteiger partial charge in [-0.2, -0.15) is 8.78 Å². The minimum atomic E-state index is -1.40. The summed E-state index contributed by atoms with van der Waals surface area (Å²) in [6.45, 7) is 3.79. The minimum Gasteiger partial charge on any atom is -0.490 e. The van der Waals surface area contributed by atoms with Crippen molar-refractivity contribution in [1.29, 1.82) is 0 Å². The molecule has 0 aromatic heterocycles. The topological polar surface area (TPSA) is 35.5 Å². The number of hydrogen-bond acceptors (Lipinski definition) is 3. The third-order valence-corrected chi connectivity index (χ3v) is 7.19. The molecule has 0 spiro atoms. The third-order valence-electron chi connectivity index (χ3n) is 7.19. The van der Waals surface area contributed by atoms with Gasteiger partial charge in [0.1, 0.15) is 5.82 Å². The van der Waals surface area contributed by atoms with E-state index < -0.39 is 46.4 Å². The average Bonchev–Trinajstić information content (AvgIpc) is 2.95. The fourth-order valence-corrected chi connectivity index (χ4v) is 4.81. The van der Waals surface area contributed by atoms with Crippen molar-refractivity contribution in [2.45, 2.75) is 64.7 Å². The average molecular weight is 559 g/mol. The molecule has 3 aromatic carbocycles. The van der Waals surface area contributed by atoms with Crippen LogP contribution in [0.3, 0.4) is 0 Å². The predicted molar refractivity (Wildman–Crippen MR) is 143 cm³/mol. The second-order valence-electron chi connectivity index (χ2n) is 9.98. The van der Waals surface area contributed by atoms with E-state index in [1.54, 1.807) is 12.1 Å². The van der Waals surface area contributed by atoms with E-state index in [1.807, 2.05) is 6.08 Å². The van der Waals surface area contributed by atoms with Crippen LogP contribution in [-0.2, 0) is 0 Å². The summed E-state index contributed by atoms with van der Waals surface area (Å²) in [4.78, 5) is 12.6. The van der Waals surface area contributed by atoms with E-state index in [-0.39, 0.29) is 23.8 Å². The molecule has 0 N–H and O–H groups in total. The first-order valence-electron chi connectivity index (χ1n) is 13.5. The van der Waals surface area contributed by atoms with E-state index in [0.717, 1.165) is 30.9 Å². The van der Waals surface area contributed by atoms with Crippen molar-refractivity contribution in [2.75, 3.05) is 6.61 Å². The highest BCUT2D eigenvalue weighted by Crippen LogP contribution is 2.38. The Balaban J connectivity index is 1.41. The highest BCUT2D eigenvalue weighted by atomic mass is 19.2. The van der Waals surface area contributed by atoms with Crippen LogP contribution in [0, 0.1) is 36.0 Å². The standard InChI is InChI=1S/C32H31F5O3/c1-3-4-5-6-17-39-26-15-16-27(31(37)30(26)36)40-32(38)24-14-12-22(18-25(24)33)20-8-10-21(11-9-20)23-13-7-19(2)28(34)29(23)35/h7-8,12-16,18,21H,3-6,9-11,17H2,1-2H3.